The molecule has 0 heterocycles. The van der Waals surface area contributed by atoms with E-state index in [0.29, 0.717) is 12.2 Å². The molecule has 0 aliphatic rings. The maximum Gasteiger partial charge on any atom is 0.338 e. The highest BCUT2D eigenvalue weighted by molar-refractivity contribution is 5.89. The van der Waals surface area contributed by atoms with Gasteiger partial charge in [0.05, 0.1) is 12.2 Å². The van der Waals surface area contributed by atoms with Crippen LogP contribution >= 0.6 is 0 Å². The van der Waals surface area contributed by atoms with Gasteiger partial charge in [-0.3, -0.25) is 0 Å². The molecule has 0 aliphatic carbocycles. The molecule has 0 radical (unpaired) electrons. The van der Waals surface area contributed by atoms with Gasteiger partial charge < -0.3 is 4.74 Å². The number of rotatable bonds is 4. The maximum absolute atomic E-state index is 11.5. The van der Waals surface area contributed by atoms with E-state index in [1.807, 2.05) is 49.4 Å². The largest absolute Gasteiger partial charge is 0.462 e. The minimum Gasteiger partial charge on any atom is -0.462 e. The van der Waals surface area contributed by atoms with E-state index in [2.05, 4.69) is 12.1 Å². The normalized spacial score (nSPS) is 10.1. The Kier molecular flexibility index (Phi) is 4.13. The van der Waals surface area contributed by atoms with E-state index in [9.17, 15) is 4.79 Å². The van der Waals surface area contributed by atoms with Crippen molar-refractivity contribution in [3.63, 3.8) is 0 Å². The van der Waals surface area contributed by atoms with Crippen molar-refractivity contribution in [2.24, 2.45) is 0 Å². The highest BCUT2D eigenvalue weighted by Crippen LogP contribution is 2.11. The highest BCUT2D eigenvalue weighted by Gasteiger charge is 2.05. The van der Waals surface area contributed by atoms with E-state index >= 15 is 0 Å². The molecule has 2 aromatic carbocycles. The first kappa shape index (κ1) is 12.4. The monoisotopic (exact) mass is 240 g/mol. The molecular weight excluding hydrogens is 224 g/mol. The summed E-state index contributed by atoms with van der Waals surface area (Å²) in [7, 11) is 0. The summed E-state index contributed by atoms with van der Waals surface area (Å²) < 4.78 is 4.95. The molecule has 0 saturated carbocycles. The van der Waals surface area contributed by atoms with Gasteiger partial charge in [-0.1, -0.05) is 42.5 Å². The summed E-state index contributed by atoms with van der Waals surface area (Å²) in [6.45, 7) is 2.21. The molecule has 92 valence electrons. The number of hydrogen-bond acceptors (Lipinski definition) is 2. The molecule has 0 aliphatic heterocycles. The molecule has 2 heteroatoms. The van der Waals surface area contributed by atoms with Crippen LogP contribution in [0.1, 0.15) is 28.4 Å². The van der Waals surface area contributed by atoms with Gasteiger partial charge in [0.15, 0.2) is 0 Å². The van der Waals surface area contributed by atoms with Gasteiger partial charge in [-0.2, -0.15) is 0 Å². The standard InChI is InChI=1S/C16H16O2/c1-2-18-16(17)15-10-8-14(9-11-15)12-13-6-4-3-5-7-13/h3-11H,2,12H2,1H3. The summed E-state index contributed by atoms with van der Waals surface area (Å²) in [6.07, 6.45) is 0.879. The van der Waals surface area contributed by atoms with Crippen LogP contribution in [0.4, 0.5) is 0 Å². The van der Waals surface area contributed by atoms with Crippen molar-refractivity contribution in [2.45, 2.75) is 13.3 Å². The zero-order valence-corrected chi connectivity index (χ0v) is 10.4. The second-order valence-corrected chi connectivity index (χ2v) is 4.08. The maximum atomic E-state index is 11.5. The number of benzene rings is 2. The third kappa shape index (κ3) is 3.20. The lowest BCUT2D eigenvalue weighted by Gasteiger charge is -2.04. The van der Waals surface area contributed by atoms with Crippen LogP contribution in [0.25, 0.3) is 0 Å². The number of carbonyl (C=O) groups excluding carboxylic acids is 1. The van der Waals surface area contributed by atoms with Gasteiger partial charge in [0.2, 0.25) is 0 Å². The summed E-state index contributed by atoms with van der Waals surface area (Å²) in [5.41, 5.74) is 3.06. The summed E-state index contributed by atoms with van der Waals surface area (Å²) >= 11 is 0. The van der Waals surface area contributed by atoms with Crippen molar-refractivity contribution in [1.82, 2.24) is 0 Å². The second-order valence-electron chi connectivity index (χ2n) is 4.08. The molecule has 2 rings (SSSR count). The first-order valence-corrected chi connectivity index (χ1v) is 6.09. The Hall–Kier alpha value is -2.09. The van der Waals surface area contributed by atoms with Crippen molar-refractivity contribution in [3.05, 3.63) is 71.3 Å². The Balaban J connectivity index is 2.06. The van der Waals surface area contributed by atoms with Gasteiger partial charge in [-0.05, 0) is 36.6 Å². The SMILES string of the molecule is CCOC(=O)c1ccc(Cc2ccccc2)cc1. The third-order valence-corrected chi connectivity index (χ3v) is 2.72. The predicted octanol–water partition coefficient (Wildman–Crippen LogP) is 3.45. The van der Waals surface area contributed by atoms with E-state index < -0.39 is 0 Å². The van der Waals surface area contributed by atoms with Crippen LogP contribution in [0, 0.1) is 0 Å². The number of ether oxygens (including phenoxy) is 1. The van der Waals surface area contributed by atoms with Gasteiger partial charge in [0.25, 0.3) is 0 Å². The Labute approximate surface area is 107 Å². The van der Waals surface area contributed by atoms with Gasteiger partial charge in [-0.15, -0.1) is 0 Å². The summed E-state index contributed by atoms with van der Waals surface area (Å²) in [6, 6.07) is 17.8. The molecule has 0 bridgehead atoms. The van der Waals surface area contributed by atoms with Crippen LogP contribution in [0.5, 0.6) is 0 Å². The Morgan fingerprint density at radius 3 is 2.17 bits per heavy atom. The average molecular weight is 240 g/mol. The fourth-order valence-corrected chi connectivity index (χ4v) is 1.80. The van der Waals surface area contributed by atoms with E-state index in [1.54, 1.807) is 0 Å². The predicted molar refractivity (Wildman–Crippen MR) is 71.6 cm³/mol. The summed E-state index contributed by atoms with van der Waals surface area (Å²) in [5.74, 6) is -0.260. The molecule has 0 aromatic heterocycles. The number of hydrogen-bond donors (Lipinski definition) is 0. The lowest BCUT2D eigenvalue weighted by atomic mass is 10.0. The topological polar surface area (TPSA) is 26.3 Å². The fourth-order valence-electron chi connectivity index (χ4n) is 1.80. The highest BCUT2D eigenvalue weighted by atomic mass is 16.5. The first-order valence-electron chi connectivity index (χ1n) is 6.09. The summed E-state index contributed by atoms with van der Waals surface area (Å²) in [4.78, 5) is 11.5. The van der Waals surface area contributed by atoms with E-state index in [1.165, 1.54) is 11.1 Å². The van der Waals surface area contributed by atoms with Crippen LogP contribution in [0.2, 0.25) is 0 Å². The molecule has 0 amide bonds. The fraction of sp³-hybridized carbons (Fsp3) is 0.188. The van der Waals surface area contributed by atoms with E-state index in [4.69, 9.17) is 4.74 Å². The van der Waals surface area contributed by atoms with Gasteiger partial charge >= 0.3 is 5.97 Å². The number of carbonyl (C=O) groups is 1. The molecular formula is C16H16O2. The van der Waals surface area contributed by atoms with E-state index in [-0.39, 0.29) is 5.97 Å². The molecule has 2 aromatic rings. The molecule has 18 heavy (non-hydrogen) atoms. The van der Waals surface area contributed by atoms with Gasteiger partial charge in [0, 0.05) is 0 Å². The zero-order valence-electron chi connectivity index (χ0n) is 10.4. The van der Waals surface area contributed by atoms with Crippen LogP contribution in [0.3, 0.4) is 0 Å². The smallest absolute Gasteiger partial charge is 0.338 e. The van der Waals surface area contributed by atoms with E-state index in [0.717, 1.165) is 6.42 Å². The minimum absolute atomic E-state index is 0.260. The minimum atomic E-state index is -0.260. The van der Waals surface area contributed by atoms with Crippen LogP contribution in [-0.4, -0.2) is 12.6 Å². The summed E-state index contributed by atoms with van der Waals surface area (Å²) in [5, 5.41) is 0. The molecule has 0 unspecified atom stereocenters. The van der Waals surface area contributed by atoms with Crippen LogP contribution in [-0.2, 0) is 11.2 Å². The third-order valence-electron chi connectivity index (χ3n) is 2.72. The Bertz CT molecular complexity index is 500. The van der Waals surface area contributed by atoms with Crippen molar-refractivity contribution in [1.29, 1.82) is 0 Å². The van der Waals surface area contributed by atoms with Crippen molar-refractivity contribution in [3.8, 4) is 0 Å². The van der Waals surface area contributed by atoms with Crippen LogP contribution < -0.4 is 0 Å². The van der Waals surface area contributed by atoms with Crippen molar-refractivity contribution < 1.29 is 9.53 Å². The molecule has 0 fully saturated rings. The quantitative estimate of drug-likeness (QED) is 0.765. The average Bonchev–Trinajstić information content (AvgIpc) is 2.41. The lowest BCUT2D eigenvalue weighted by Crippen LogP contribution is -2.04. The second kappa shape index (κ2) is 6.01. The van der Waals surface area contributed by atoms with Gasteiger partial charge in [-0.25, -0.2) is 4.79 Å². The van der Waals surface area contributed by atoms with Gasteiger partial charge in [0.1, 0.15) is 0 Å². The lowest BCUT2D eigenvalue weighted by molar-refractivity contribution is 0.0526. The molecule has 0 spiro atoms. The van der Waals surface area contributed by atoms with Crippen molar-refractivity contribution in [2.75, 3.05) is 6.61 Å². The van der Waals surface area contributed by atoms with Crippen LogP contribution in [0.15, 0.2) is 54.6 Å². The molecule has 0 atom stereocenters. The molecule has 2 nitrogen and oxygen atoms in total. The Morgan fingerprint density at radius 2 is 1.56 bits per heavy atom. The van der Waals surface area contributed by atoms with Crippen molar-refractivity contribution >= 4 is 5.97 Å². The molecule has 0 N–H and O–H groups in total. The number of esters is 1. The Morgan fingerprint density at radius 1 is 0.944 bits per heavy atom. The first-order chi connectivity index (χ1) is 8.79. The molecule has 0 saturated heterocycles. The zero-order chi connectivity index (χ0) is 12.8.